The van der Waals surface area contributed by atoms with Crippen molar-refractivity contribution in [2.24, 2.45) is 0 Å². The molecule has 1 amide bonds. The van der Waals surface area contributed by atoms with Crippen molar-refractivity contribution in [2.75, 3.05) is 0 Å². The number of nitrogens with one attached hydrogen (secondary N) is 1. The van der Waals surface area contributed by atoms with E-state index < -0.39 is 17.9 Å². The molecule has 18 heavy (non-hydrogen) atoms. The van der Waals surface area contributed by atoms with Gasteiger partial charge in [-0.3, -0.25) is 9.59 Å². The fourth-order valence-corrected chi connectivity index (χ4v) is 1.24. The SMILES string of the molecule is CC(C)Oc1cccnc1C(=O)N[C@@H](C)C(=O)O. The molecule has 0 aliphatic carbocycles. The largest absolute Gasteiger partial charge is 0.489 e. The first-order chi connectivity index (χ1) is 8.41. The van der Waals surface area contributed by atoms with Crippen molar-refractivity contribution in [3.05, 3.63) is 24.0 Å². The van der Waals surface area contributed by atoms with Gasteiger partial charge in [0.05, 0.1) is 6.10 Å². The van der Waals surface area contributed by atoms with Gasteiger partial charge in [0.25, 0.3) is 5.91 Å². The summed E-state index contributed by atoms with van der Waals surface area (Å²) in [5.41, 5.74) is 0.0827. The van der Waals surface area contributed by atoms with E-state index in [1.165, 1.54) is 13.1 Å². The smallest absolute Gasteiger partial charge is 0.325 e. The van der Waals surface area contributed by atoms with Crippen molar-refractivity contribution >= 4 is 11.9 Å². The average molecular weight is 252 g/mol. The number of pyridine rings is 1. The summed E-state index contributed by atoms with van der Waals surface area (Å²) in [7, 11) is 0. The van der Waals surface area contributed by atoms with Crippen LogP contribution in [0.5, 0.6) is 5.75 Å². The lowest BCUT2D eigenvalue weighted by Gasteiger charge is -2.14. The molecule has 2 N–H and O–H groups in total. The van der Waals surface area contributed by atoms with E-state index in [9.17, 15) is 9.59 Å². The predicted molar refractivity (Wildman–Crippen MR) is 64.6 cm³/mol. The number of hydrogen-bond acceptors (Lipinski definition) is 4. The summed E-state index contributed by atoms with van der Waals surface area (Å²) in [6.45, 7) is 5.04. The molecule has 0 saturated heterocycles. The zero-order valence-corrected chi connectivity index (χ0v) is 10.5. The number of rotatable bonds is 5. The van der Waals surface area contributed by atoms with Crippen molar-refractivity contribution in [1.82, 2.24) is 10.3 Å². The molecule has 0 aliphatic heterocycles. The monoisotopic (exact) mass is 252 g/mol. The second-order valence-electron chi connectivity index (χ2n) is 4.05. The van der Waals surface area contributed by atoms with Gasteiger partial charge in [-0.25, -0.2) is 4.98 Å². The predicted octanol–water partition coefficient (Wildman–Crippen LogP) is 1.07. The molecule has 6 heteroatoms. The van der Waals surface area contributed by atoms with Crippen LogP contribution in [0.15, 0.2) is 18.3 Å². The molecule has 0 aromatic carbocycles. The molecule has 98 valence electrons. The number of ether oxygens (including phenoxy) is 1. The van der Waals surface area contributed by atoms with E-state index in [4.69, 9.17) is 9.84 Å². The minimum absolute atomic E-state index is 0.0827. The quantitative estimate of drug-likeness (QED) is 0.818. The zero-order chi connectivity index (χ0) is 13.7. The minimum Gasteiger partial charge on any atom is -0.489 e. The number of carboxylic acids is 1. The summed E-state index contributed by atoms with van der Waals surface area (Å²) in [5.74, 6) is -1.34. The fourth-order valence-electron chi connectivity index (χ4n) is 1.24. The second-order valence-corrected chi connectivity index (χ2v) is 4.05. The topological polar surface area (TPSA) is 88.5 Å². The highest BCUT2D eigenvalue weighted by molar-refractivity contribution is 5.97. The second kappa shape index (κ2) is 6.00. The first-order valence-corrected chi connectivity index (χ1v) is 5.57. The Morgan fingerprint density at radius 3 is 2.61 bits per heavy atom. The Morgan fingerprint density at radius 2 is 2.06 bits per heavy atom. The highest BCUT2D eigenvalue weighted by atomic mass is 16.5. The van der Waals surface area contributed by atoms with Crippen LogP contribution in [-0.4, -0.2) is 34.1 Å². The third-order valence-electron chi connectivity index (χ3n) is 2.07. The Kier molecular flexibility index (Phi) is 4.65. The van der Waals surface area contributed by atoms with Gasteiger partial charge in [-0.2, -0.15) is 0 Å². The van der Waals surface area contributed by atoms with Crippen molar-refractivity contribution in [3.63, 3.8) is 0 Å². The van der Waals surface area contributed by atoms with Gasteiger partial charge >= 0.3 is 5.97 Å². The van der Waals surface area contributed by atoms with Crippen molar-refractivity contribution in [3.8, 4) is 5.75 Å². The third-order valence-corrected chi connectivity index (χ3v) is 2.07. The number of hydrogen-bond donors (Lipinski definition) is 2. The molecule has 0 unspecified atom stereocenters. The first-order valence-electron chi connectivity index (χ1n) is 5.57. The number of carbonyl (C=O) groups excluding carboxylic acids is 1. The van der Waals surface area contributed by atoms with Crippen LogP contribution < -0.4 is 10.1 Å². The lowest BCUT2D eigenvalue weighted by atomic mass is 10.2. The molecule has 0 aliphatic rings. The summed E-state index contributed by atoms with van der Waals surface area (Å²) in [6.07, 6.45) is 1.35. The van der Waals surface area contributed by atoms with Gasteiger partial charge in [-0.15, -0.1) is 0 Å². The van der Waals surface area contributed by atoms with Gasteiger partial charge < -0.3 is 15.2 Å². The molecule has 1 atom stereocenters. The molecule has 1 aromatic rings. The van der Waals surface area contributed by atoms with Gasteiger partial charge in [0, 0.05) is 6.20 Å². The summed E-state index contributed by atoms with van der Waals surface area (Å²) in [6, 6.07) is 2.29. The van der Waals surface area contributed by atoms with Crippen LogP contribution in [-0.2, 0) is 4.79 Å². The Hall–Kier alpha value is -2.11. The van der Waals surface area contributed by atoms with E-state index in [0.29, 0.717) is 5.75 Å². The molecule has 0 fully saturated rings. The van der Waals surface area contributed by atoms with Gasteiger partial charge in [-0.1, -0.05) is 0 Å². The van der Waals surface area contributed by atoms with Crippen LogP contribution >= 0.6 is 0 Å². The lowest BCUT2D eigenvalue weighted by Crippen LogP contribution is -2.38. The van der Waals surface area contributed by atoms with E-state index in [-0.39, 0.29) is 11.8 Å². The number of nitrogens with zero attached hydrogens (tertiary/aromatic N) is 1. The van der Waals surface area contributed by atoms with E-state index >= 15 is 0 Å². The molecule has 0 saturated carbocycles. The summed E-state index contributed by atoms with van der Waals surface area (Å²) in [5, 5.41) is 11.1. The van der Waals surface area contributed by atoms with Crippen LogP contribution in [0.2, 0.25) is 0 Å². The van der Waals surface area contributed by atoms with Gasteiger partial charge in [0.15, 0.2) is 11.4 Å². The van der Waals surface area contributed by atoms with Crippen LogP contribution in [0, 0.1) is 0 Å². The van der Waals surface area contributed by atoms with Crippen molar-refractivity contribution in [1.29, 1.82) is 0 Å². The van der Waals surface area contributed by atoms with Gasteiger partial charge in [0.2, 0.25) is 0 Å². The average Bonchev–Trinajstić information content (AvgIpc) is 2.28. The maximum Gasteiger partial charge on any atom is 0.325 e. The fraction of sp³-hybridized carbons (Fsp3) is 0.417. The van der Waals surface area contributed by atoms with Crippen LogP contribution in [0.4, 0.5) is 0 Å². The van der Waals surface area contributed by atoms with Gasteiger partial charge in [-0.05, 0) is 32.9 Å². The molecule has 6 nitrogen and oxygen atoms in total. The summed E-state index contributed by atoms with van der Waals surface area (Å²) >= 11 is 0. The zero-order valence-electron chi connectivity index (χ0n) is 10.5. The van der Waals surface area contributed by atoms with Crippen LogP contribution in [0.3, 0.4) is 0 Å². The Labute approximate surface area is 105 Å². The number of carboxylic acid groups (broad SMARTS) is 1. The minimum atomic E-state index is -1.11. The maximum absolute atomic E-state index is 11.8. The molecule has 0 spiro atoms. The number of aliphatic carboxylic acids is 1. The summed E-state index contributed by atoms with van der Waals surface area (Å²) in [4.78, 5) is 26.4. The normalized spacial score (nSPS) is 12.0. The van der Waals surface area contributed by atoms with Crippen molar-refractivity contribution in [2.45, 2.75) is 32.9 Å². The van der Waals surface area contributed by atoms with Crippen molar-refractivity contribution < 1.29 is 19.4 Å². The number of aromatic nitrogens is 1. The molecule has 0 radical (unpaired) electrons. The molecular formula is C12H16N2O4. The standard InChI is InChI=1S/C12H16N2O4/c1-7(2)18-9-5-4-6-13-10(9)11(15)14-8(3)12(16)17/h4-8H,1-3H3,(H,14,15)(H,16,17)/t8-/m0/s1. The maximum atomic E-state index is 11.8. The van der Waals surface area contributed by atoms with Crippen LogP contribution in [0.1, 0.15) is 31.3 Å². The molecular weight excluding hydrogens is 236 g/mol. The molecule has 0 bridgehead atoms. The Morgan fingerprint density at radius 1 is 1.39 bits per heavy atom. The Balaban J connectivity index is 2.88. The Bertz CT molecular complexity index is 445. The van der Waals surface area contributed by atoms with E-state index in [1.54, 1.807) is 12.1 Å². The number of carbonyl (C=O) groups is 2. The molecule has 1 aromatic heterocycles. The molecule has 1 rings (SSSR count). The van der Waals surface area contributed by atoms with E-state index in [1.807, 2.05) is 13.8 Å². The van der Waals surface area contributed by atoms with E-state index in [2.05, 4.69) is 10.3 Å². The van der Waals surface area contributed by atoms with Gasteiger partial charge in [0.1, 0.15) is 6.04 Å². The summed E-state index contributed by atoms with van der Waals surface area (Å²) < 4.78 is 5.44. The lowest BCUT2D eigenvalue weighted by molar-refractivity contribution is -0.138. The highest BCUT2D eigenvalue weighted by Crippen LogP contribution is 2.16. The molecule has 1 heterocycles. The first kappa shape index (κ1) is 14.0. The van der Waals surface area contributed by atoms with E-state index in [0.717, 1.165) is 0 Å². The van der Waals surface area contributed by atoms with Crippen LogP contribution in [0.25, 0.3) is 0 Å². The highest BCUT2D eigenvalue weighted by Gasteiger charge is 2.19. The number of amides is 1. The third kappa shape index (κ3) is 3.73.